The third-order valence-corrected chi connectivity index (χ3v) is 3.89. The predicted octanol–water partition coefficient (Wildman–Crippen LogP) is 4.76. The molecule has 0 aromatic heterocycles. The van der Waals surface area contributed by atoms with Crippen molar-refractivity contribution < 1.29 is 9.72 Å². The molecule has 1 amide bonds. The van der Waals surface area contributed by atoms with Crippen molar-refractivity contribution in [2.45, 2.75) is 0 Å². The van der Waals surface area contributed by atoms with Crippen LogP contribution < -0.4 is 5.32 Å². The quantitative estimate of drug-likeness (QED) is 0.428. The normalized spacial score (nSPS) is 10.2. The van der Waals surface area contributed by atoms with Gasteiger partial charge in [-0.05, 0) is 52.9 Å². The SMILES string of the molecule is O=C(Nc1ccc(I)cc1Cl)c1ccc(Cl)c([N+](=O)[O-])c1. The number of hydrogen-bond donors (Lipinski definition) is 1. The van der Waals surface area contributed by atoms with Crippen LogP contribution >= 0.6 is 45.8 Å². The average Bonchev–Trinajstić information content (AvgIpc) is 2.42. The van der Waals surface area contributed by atoms with Crippen LogP contribution in [0.25, 0.3) is 0 Å². The van der Waals surface area contributed by atoms with Crippen LogP contribution in [0.1, 0.15) is 10.4 Å². The number of halogens is 3. The van der Waals surface area contributed by atoms with Gasteiger partial charge in [0.25, 0.3) is 11.6 Å². The number of anilines is 1. The zero-order valence-corrected chi connectivity index (χ0v) is 13.9. The topological polar surface area (TPSA) is 72.2 Å². The lowest BCUT2D eigenvalue weighted by Gasteiger charge is -2.08. The molecule has 0 saturated carbocycles. The lowest BCUT2D eigenvalue weighted by Crippen LogP contribution is -2.12. The first kappa shape index (κ1) is 16.0. The summed E-state index contributed by atoms with van der Waals surface area (Å²) in [5.41, 5.74) is 0.235. The molecule has 2 rings (SSSR count). The van der Waals surface area contributed by atoms with E-state index in [4.69, 9.17) is 23.2 Å². The second kappa shape index (κ2) is 6.59. The fourth-order valence-electron chi connectivity index (χ4n) is 1.58. The number of carbonyl (C=O) groups is 1. The van der Waals surface area contributed by atoms with Gasteiger partial charge in [-0.1, -0.05) is 23.2 Å². The van der Waals surface area contributed by atoms with Crippen molar-refractivity contribution in [1.29, 1.82) is 0 Å². The molecule has 0 aliphatic rings. The summed E-state index contributed by atoms with van der Waals surface area (Å²) in [4.78, 5) is 22.3. The van der Waals surface area contributed by atoms with E-state index in [1.807, 2.05) is 0 Å². The maximum absolute atomic E-state index is 12.1. The highest BCUT2D eigenvalue weighted by Crippen LogP contribution is 2.27. The van der Waals surface area contributed by atoms with Crippen LogP contribution in [0.5, 0.6) is 0 Å². The van der Waals surface area contributed by atoms with Crippen LogP contribution in [0.2, 0.25) is 10.0 Å². The molecule has 8 heteroatoms. The summed E-state index contributed by atoms with van der Waals surface area (Å²) in [5, 5.41) is 13.8. The zero-order valence-electron chi connectivity index (χ0n) is 10.3. The highest BCUT2D eigenvalue weighted by Gasteiger charge is 2.17. The minimum Gasteiger partial charge on any atom is -0.321 e. The molecule has 0 heterocycles. The van der Waals surface area contributed by atoms with E-state index in [2.05, 4.69) is 27.9 Å². The first-order valence-electron chi connectivity index (χ1n) is 5.59. The summed E-state index contributed by atoms with van der Waals surface area (Å²) in [7, 11) is 0. The van der Waals surface area contributed by atoms with Crippen molar-refractivity contribution in [2.75, 3.05) is 5.32 Å². The second-order valence-corrected chi connectivity index (χ2v) is 6.06. The molecule has 0 fully saturated rings. The lowest BCUT2D eigenvalue weighted by atomic mass is 10.2. The van der Waals surface area contributed by atoms with Gasteiger partial charge in [0.2, 0.25) is 0 Å². The Labute approximate surface area is 143 Å². The van der Waals surface area contributed by atoms with Crippen LogP contribution in [-0.2, 0) is 0 Å². The van der Waals surface area contributed by atoms with Crippen LogP contribution in [0, 0.1) is 13.7 Å². The summed E-state index contributed by atoms with van der Waals surface area (Å²) < 4.78 is 0.928. The third kappa shape index (κ3) is 3.84. The third-order valence-electron chi connectivity index (χ3n) is 2.58. The van der Waals surface area contributed by atoms with Gasteiger partial charge >= 0.3 is 0 Å². The summed E-state index contributed by atoms with van der Waals surface area (Å²) in [6.07, 6.45) is 0. The number of rotatable bonds is 3. The van der Waals surface area contributed by atoms with E-state index in [0.717, 1.165) is 9.64 Å². The number of nitro benzene ring substituents is 1. The first-order valence-corrected chi connectivity index (χ1v) is 7.42. The number of benzene rings is 2. The van der Waals surface area contributed by atoms with Crippen molar-refractivity contribution in [3.8, 4) is 0 Å². The molecule has 2 aromatic rings. The van der Waals surface area contributed by atoms with Gasteiger partial charge in [0, 0.05) is 15.2 Å². The zero-order chi connectivity index (χ0) is 15.6. The molecular formula is C13H7Cl2IN2O3. The van der Waals surface area contributed by atoms with Crippen LogP contribution in [-0.4, -0.2) is 10.8 Å². The van der Waals surface area contributed by atoms with Gasteiger partial charge in [0.05, 0.1) is 15.6 Å². The van der Waals surface area contributed by atoms with E-state index in [1.165, 1.54) is 12.1 Å². The molecule has 5 nitrogen and oxygen atoms in total. The fraction of sp³-hybridized carbons (Fsp3) is 0. The van der Waals surface area contributed by atoms with Crippen molar-refractivity contribution >= 4 is 63.1 Å². The smallest absolute Gasteiger partial charge is 0.288 e. The minimum absolute atomic E-state index is 0.0242. The van der Waals surface area contributed by atoms with E-state index in [-0.39, 0.29) is 16.3 Å². The Balaban J connectivity index is 2.28. The Morgan fingerprint density at radius 3 is 2.48 bits per heavy atom. The fourth-order valence-corrected chi connectivity index (χ4v) is 2.67. The average molecular weight is 437 g/mol. The molecule has 0 saturated heterocycles. The maximum Gasteiger partial charge on any atom is 0.288 e. The molecule has 0 bridgehead atoms. The van der Waals surface area contributed by atoms with Crippen molar-refractivity contribution in [1.82, 2.24) is 0 Å². The number of nitro groups is 1. The summed E-state index contributed by atoms with van der Waals surface area (Å²) in [6.45, 7) is 0. The first-order chi connectivity index (χ1) is 9.88. The summed E-state index contributed by atoms with van der Waals surface area (Å²) >= 11 is 13.8. The Bertz CT molecular complexity index is 737. The molecule has 0 spiro atoms. The van der Waals surface area contributed by atoms with E-state index >= 15 is 0 Å². The summed E-state index contributed by atoms with van der Waals surface area (Å²) in [5.74, 6) is -0.502. The molecule has 1 N–H and O–H groups in total. The van der Waals surface area contributed by atoms with Gasteiger partial charge in [0.1, 0.15) is 5.02 Å². The van der Waals surface area contributed by atoms with Crippen molar-refractivity contribution in [3.05, 3.63) is 65.7 Å². The molecule has 0 aliphatic carbocycles. The highest BCUT2D eigenvalue weighted by atomic mass is 127. The Morgan fingerprint density at radius 2 is 1.86 bits per heavy atom. The Morgan fingerprint density at radius 1 is 1.14 bits per heavy atom. The molecule has 0 radical (unpaired) electrons. The molecule has 21 heavy (non-hydrogen) atoms. The van der Waals surface area contributed by atoms with Gasteiger partial charge in [-0.2, -0.15) is 0 Å². The molecule has 0 unspecified atom stereocenters. The maximum atomic E-state index is 12.1. The standard InChI is InChI=1S/C13H7Cl2IN2O3/c14-9-3-1-7(5-12(9)18(20)21)13(19)17-11-4-2-8(16)6-10(11)15/h1-6H,(H,17,19). The molecule has 0 aliphatic heterocycles. The monoisotopic (exact) mass is 436 g/mol. The van der Waals surface area contributed by atoms with Gasteiger partial charge in [0.15, 0.2) is 0 Å². The van der Waals surface area contributed by atoms with Crippen LogP contribution in [0.15, 0.2) is 36.4 Å². The number of amides is 1. The van der Waals surface area contributed by atoms with Crippen molar-refractivity contribution in [3.63, 3.8) is 0 Å². The minimum atomic E-state index is -0.642. The summed E-state index contributed by atoms with van der Waals surface area (Å²) in [6, 6.07) is 8.98. The molecular weight excluding hydrogens is 430 g/mol. The highest BCUT2D eigenvalue weighted by molar-refractivity contribution is 14.1. The van der Waals surface area contributed by atoms with Gasteiger partial charge in [-0.15, -0.1) is 0 Å². The van der Waals surface area contributed by atoms with E-state index < -0.39 is 10.8 Å². The second-order valence-electron chi connectivity index (χ2n) is 4.00. The molecule has 108 valence electrons. The van der Waals surface area contributed by atoms with E-state index in [1.54, 1.807) is 18.2 Å². The van der Waals surface area contributed by atoms with E-state index in [9.17, 15) is 14.9 Å². The largest absolute Gasteiger partial charge is 0.321 e. The number of hydrogen-bond acceptors (Lipinski definition) is 3. The predicted molar refractivity (Wildman–Crippen MR) is 90.2 cm³/mol. The number of carbonyl (C=O) groups excluding carboxylic acids is 1. The van der Waals surface area contributed by atoms with Gasteiger partial charge in [-0.25, -0.2) is 0 Å². The number of nitrogens with zero attached hydrogens (tertiary/aromatic N) is 1. The Hall–Kier alpha value is -1.38. The number of nitrogens with one attached hydrogen (secondary N) is 1. The molecule has 2 aromatic carbocycles. The van der Waals surface area contributed by atoms with E-state index in [0.29, 0.717) is 10.7 Å². The van der Waals surface area contributed by atoms with Crippen molar-refractivity contribution in [2.24, 2.45) is 0 Å². The van der Waals surface area contributed by atoms with Gasteiger partial charge < -0.3 is 5.32 Å². The Kier molecular flexibility index (Phi) is 5.02. The van der Waals surface area contributed by atoms with Crippen LogP contribution in [0.4, 0.5) is 11.4 Å². The van der Waals surface area contributed by atoms with Gasteiger partial charge in [-0.3, -0.25) is 14.9 Å². The molecule has 0 atom stereocenters. The lowest BCUT2D eigenvalue weighted by molar-refractivity contribution is -0.384. The van der Waals surface area contributed by atoms with Crippen LogP contribution in [0.3, 0.4) is 0 Å².